The molecule has 7 heteroatoms. The Morgan fingerprint density at radius 3 is 2.68 bits per heavy atom. The van der Waals surface area contributed by atoms with Gasteiger partial charge in [0.05, 0.1) is 0 Å². The molecule has 5 nitrogen and oxygen atoms in total. The number of amides is 2. The molecule has 116 valence electrons. The van der Waals surface area contributed by atoms with Crippen molar-refractivity contribution in [1.82, 2.24) is 20.2 Å². The number of carbonyl (C=O) groups is 1. The molecule has 2 amide bonds. The van der Waals surface area contributed by atoms with Crippen LogP contribution in [0.1, 0.15) is 17.4 Å². The standard InChI is InChI=1S/C15H17FN4OS/c16-12-3-1-11(2-4-12)13(14-17-5-6-18-14)19-15(21)20-7-9-22-10-8-20/h1-6,13H,7-10H2,(H,17,18)(H,19,21). The molecule has 1 aliphatic heterocycles. The summed E-state index contributed by atoms with van der Waals surface area (Å²) < 4.78 is 13.1. The maximum Gasteiger partial charge on any atom is 0.318 e. The summed E-state index contributed by atoms with van der Waals surface area (Å²) in [7, 11) is 0. The normalized spacial score (nSPS) is 16.3. The molecule has 1 aliphatic rings. The van der Waals surface area contributed by atoms with E-state index < -0.39 is 6.04 Å². The summed E-state index contributed by atoms with van der Waals surface area (Å²) in [5.74, 6) is 2.23. The van der Waals surface area contributed by atoms with Crippen LogP contribution in [0.5, 0.6) is 0 Å². The van der Waals surface area contributed by atoms with Gasteiger partial charge in [0.15, 0.2) is 0 Å². The number of carbonyl (C=O) groups excluding carboxylic acids is 1. The van der Waals surface area contributed by atoms with Crippen molar-refractivity contribution in [2.75, 3.05) is 24.6 Å². The van der Waals surface area contributed by atoms with Crippen LogP contribution < -0.4 is 5.32 Å². The lowest BCUT2D eigenvalue weighted by molar-refractivity contribution is 0.200. The van der Waals surface area contributed by atoms with Crippen molar-refractivity contribution in [3.05, 3.63) is 53.9 Å². The van der Waals surface area contributed by atoms with Crippen LogP contribution in [0.4, 0.5) is 9.18 Å². The summed E-state index contributed by atoms with van der Waals surface area (Å²) in [6.07, 6.45) is 3.34. The summed E-state index contributed by atoms with van der Waals surface area (Å²) in [5, 5.41) is 2.99. The minimum Gasteiger partial charge on any atom is -0.347 e. The van der Waals surface area contributed by atoms with Crippen molar-refractivity contribution < 1.29 is 9.18 Å². The summed E-state index contributed by atoms with van der Waals surface area (Å²) in [4.78, 5) is 21.5. The largest absolute Gasteiger partial charge is 0.347 e. The molecule has 0 bridgehead atoms. The third-order valence-electron chi connectivity index (χ3n) is 3.56. The van der Waals surface area contributed by atoms with E-state index in [0.717, 1.165) is 30.2 Å². The summed E-state index contributed by atoms with van der Waals surface area (Å²) in [6.45, 7) is 1.48. The zero-order valence-electron chi connectivity index (χ0n) is 12.0. The average molecular weight is 320 g/mol. The molecule has 0 aliphatic carbocycles. The Morgan fingerprint density at radius 2 is 2.05 bits per heavy atom. The predicted molar refractivity (Wildman–Crippen MR) is 84.3 cm³/mol. The number of benzene rings is 1. The zero-order chi connectivity index (χ0) is 15.4. The second-order valence-corrected chi connectivity index (χ2v) is 6.23. The molecule has 2 N–H and O–H groups in total. The highest BCUT2D eigenvalue weighted by atomic mass is 32.2. The van der Waals surface area contributed by atoms with E-state index in [1.807, 2.05) is 11.8 Å². The number of aromatic nitrogens is 2. The number of nitrogens with zero attached hydrogens (tertiary/aromatic N) is 2. The number of nitrogens with one attached hydrogen (secondary N) is 2. The van der Waals surface area contributed by atoms with Gasteiger partial charge in [-0.15, -0.1) is 0 Å². The Hall–Kier alpha value is -2.02. The molecule has 0 spiro atoms. The van der Waals surface area contributed by atoms with Gasteiger partial charge in [-0.05, 0) is 17.7 Å². The first kappa shape index (κ1) is 14.9. The van der Waals surface area contributed by atoms with Gasteiger partial charge in [0.25, 0.3) is 0 Å². The van der Waals surface area contributed by atoms with Gasteiger partial charge in [0.1, 0.15) is 17.7 Å². The van der Waals surface area contributed by atoms with E-state index >= 15 is 0 Å². The number of halogens is 1. The Morgan fingerprint density at radius 1 is 1.32 bits per heavy atom. The minimum atomic E-state index is -0.419. The Labute approximate surface area is 132 Å². The fourth-order valence-electron chi connectivity index (χ4n) is 2.38. The number of hydrogen-bond donors (Lipinski definition) is 2. The molecule has 2 heterocycles. The quantitative estimate of drug-likeness (QED) is 0.913. The van der Waals surface area contributed by atoms with E-state index in [2.05, 4.69) is 15.3 Å². The fraction of sp³-hybridized carbons (Fsp3) is 0.333. The number of aromatic amines is 1. The SMILES string of the molecule is O=C(NC(c1ccc(F)cc1)c1ncc[nH]1)N1CCSCC1. The van der Waals surface area contributed by atoms with Crippen molar-refractivity contribution in [3.8, 4) is 0 Å². The van der Waals surface area contributed by atoms with E-state index in [1.54, 1.807) is 29.4 Å². The van der Waals surface area contributed by atoms with Crippen LogP contribution >= 0.6 is 11.8 Å². The summed E-state index contributed by atoms with van der Waals surface area (Å²) >= 11 is 1.85. The number of rotatable bonds is 3. The second kappa shape index (κ2) is 6.83. The molecule has 1 aromatic heterocycles. The minimum absolute atomic E-state index is 0.119. The average Bonchev–Trinajstić information content (AvgIpc) is 3.08. The molecule has 1 aromatic carbocycles. The van der Waals surface area contributed by atoms with Gasteiger partial charge >= 0.3 is 6.03 Å². The van der Waals surface area contributed by atoms with E-state index in [-0.39, 0.29) is 11.8 Å². The van der Waals surface area contributed by atoms with E-state index in [1.165, 1.54) is 12.1 Å². The molecule has 1 atom stereocenters. The highest BCUT2D eigenvalue weighted by Gasteiger charge is 2.23. The van der Waals surface area contributed by atoms with Crippen molar-refractivity contribution in [1.29, 1.82) is 0 Å². The number of imidazole rings is 1. The maximum absolute atomic E-state index is 13.1. The van der Waals surface area contributed by atoms with Crippen LogP contribution in [-0.4, -0.2) is 45.5 Å². The van der Waals surface area contributed by atoms with Crippen molar-refractivity contribution in [2.45, 2.75) is 6.04 Å². The van der Waals surface area contributed by atoms with Crippen LogP contribution in [-0.2, 0) is 0 Å². The molecule has 2 aromatic rings. The third-order valence-corrected chi connectivity index (χ3v) is 4.50. The zero-order valence-corrected chi connectivity index (χ0v) is 12.8. The molecule has 3 rings (SSSR count). The van der Waals surface area contributed by atoms with E-state index in [4.69, 9.17) is 0 Å². The van der Waals surface area contributed by atoms with Crippen LogP contribution in [0.3, 0.4) is 0 Å². The number of thioether (sulfide) groups is 1. The van der Waals surface area contributed by atoms with Crippen molar-refractivity contribution in [2.24, 2.45) is 0 Å². The monoisotopic (exact) mass is 320 g/mol. The molecule has 1 saturated heterocycles. The highest BCUT2D eigenvalue weighted by molar-refractivity contribution is 7.99. The van der Waals surface area contributed by atoms with Gasteiger partial charge in [0, 0.05) is 37.0 Å². The Bertz CT molecular complexity index is 611. The van der Waals surface area contributed by atoms with Crippen LogP contribution in [0.15, 0.2) is 36.7 Å². The van der Waals surface area contributed by atoms with Crippen molar-refractivity contribution >= 4 is 17.8 Å². The van der Waals surface area contributed by atoms with Gasteiger partial charge < -0.3 is 15.2 Å². The molecule has 1 fully saturated rings. The molecular formula is C15H17FN4OS. The smallest absolute Gasteiger partial charge is 0.318 e. The van der Waals surface area contributed by atoms with Gasteiger partial charge in [-0.3, -0.25) is 0 Å². The lowest BCUT2D eigenvalue weighted by Crippen LogP contribution is -2.45. The lowest BCUT2D eigenvalue weighted by atomic mass is 10.1. The molecule has 0 radical (unpaired) electrons. The molecule has 1 unspecified atom stereocenters. The van der Waals surface area contributed by atoms with Crippen LogP contribution in [0.2, 0.25) is 0 Å². The molecular weight excluding hydrogens is 303 g/mol. The Kier molecular flexibility index (Phi) is 4.62. The number of hydrogen-bond acceptors (Lipinski definition) is 3. The number of H-pyrrole nitrogens is 1. The summed E-state index contributed by atoms with van der Waals surface area (Å²) in [5.41, 5.74) is 0.788. The molecule has 0 saturated carbocycles. The highest BCUT2D eigenvalue weighted by Crippen LogP contribution is 2.20. The lowest BCUT2D eigenvalue weighted by Gasteiger charge is -2.28. The van der Waals surface area contributed by atoms with E-state index in [0.29, 0.717) is 5.82 Å². The maximum atomic E-state index is 13.1. The van der Waals surface area contributed by atoms with Gasteiger partial charge in [0.2, 0.25) is 0 Å². The third kappa shape index (κ3) is 3.41. The predicted octanol–water partition coefficient (Wildman–Crippen LogP) is 2.40. The topological polar surface area (TPSA) is 61.0 Å². The van der Waals surface area contributed by atoms with Crippen LogP contribution in [0, 0.1) is 5.82 Å². The first-order valence-electron chi connectivity index (χ1n) is 7.12. The fourth-order valence-corrected chi connectivity index (χ4v) is 3.28. The van der Waals surface area contributed by atoms with Crippen molar-refractivity contribution in [3.63, 3.8) is 0 Å². The first-order chi connectivity index (χ1) is 10.7. The van der Waals surface area contributed by atoms with Gasteiger partial charge in [-0.2, -0.15) is 11.8 Å². The van der Waals surface area contributed by atoms with Crippen LogP contribution in [0.25, 0.3) is 0 Å². The van der Waals surface area contributed by atoms with E-state index in [9.17, 15) is 9.18 Å². The van der Waals surface area contributed by atoms with Gasteiger partial charge in [-0.25, -0.2) is 14.2 Å². The first-order valence-corrected chi connectivity index (χ1v) is 8.27. The number of urea groups is 1. The Balaban J connectivity index is 1.79. The second-order valence-electron chi connectivity index (χ2n) is 5.01. The molecule has 22 heavy (non-hydrogen) atoms. The van der Waals surface area contributed by atoms with Gasteiger partial charge in [-0.1, -0.05) is 12.1 Å². The summed E-state index contributed by atoms with van der Waals surface area (Å²) in [6, 6.07) is 5.55.